The summed E-state index contributed by atoms with van der Waals surface area (Å²) in [5.41, 5.74) is 10.0. The van der Waals surface area contributed by atoms with Crippen LogP contribution in [0.2, 0.25) is 5.02 Å². The molecule has 1 aromatic heterocycles. The van der Waals surface area contributed by atoms with Gasteiger partial charge in [0.25, 0.3) is 0 Å². The molecule has 21 heavy (non-hydrogen) atoms. The normalized spacial score (nSPS) is 13.0. The molecular weight excluding hydrogens is 417 g/mol. The number of nitrogens with two attached hydrogens (primary N) is 1. The van der Waals surface area contributed by atoms with Crippen LogP contribution in [-0.4, -0.2) is 9.97 Å². The molecule has 0 spiro atoms. The number of hydrogen-bond acceptors (Lipinski definition) is 3. The highest BCUT2D eigenvalue weighted by molar-refractivity contribution is 14.1. The van der Waals surface area contributed by atoms with Gasteiger partial charge in [-0.1, -0.05) is 23.8 Å². The van der Waals surface area contributed by atoms with Crippen molar-refractivity contribution in [3.8, 4) is 0 Å². The van der Waals surface area contributed by atoms with Gasteiger partial charge in [-0.25, -0.2) is 4.98 Å². The third kappa shape index (κ3) is 3.14. The van der Waals surface area contributed by atoms with Gasteiger partial charge in [0.1, 0.15) is 10.8 Å². The first-order chi connectivity index (χ1) is 10.0. The summed E-state index contributed by atoms with van der Waals surface area (Å²) in [5.74, 6) is 0.725. The number of fused-ring (bicyclic) bond motifs is 1. The molecule has 1 heterocycles. The van der Waals surface area contributed by atoms with E-state index in [0.29, 0.717) is 10.0 Å². The standard InChI is InChI=1S/C15H13ClIN3S/c16-9-4-5-13(11(17)7-9)20-15-10(14(18)21)6-8-2-1-3-12(8)19-15/h4-7H,1-3H2,(H2,18,21)(H,19,20). The zero-order valence-electron chi connectivity index (χ0n) is 11.1. The number of pyridine rings is 1. The fourth-order valence-corrected chi connectivity index (χ4v) is 3.64. The van der Waals surface area contributed by atoms with Gasteiger partial charge in [0.2, 0.25) is 0 Å². The highest BCUT2D eigenvalue weighted by Crippen LogP contribution is 2.29. The van der Waals surface area contributed by atoms with E-state index in [0.717, 1.165) is 45.6 Å². The number of nitrogens with zero attached hydrogens (tertiary/aromatic N) is 1. The van der Waals surface area contributed by atoms with E-state index < -0.39 is 0 Å². The van der Waals surface area contributed by atoms with Gasteiger partial charge in [-0.2, -0.15) is 0 Å². The molecule has 0 atom stereocenters. The Bertz CT molecular complexity index is 733. The first-order valence-electron chi connectivity index (χ1n) is 6.59. The van der Waals surface area contributed by atoms with E-state index in [1.165, 1.54) is 5.56 Å². The monoisotopic (exact) mass is 429 g/mol. The number of rotatable bonds is 3. The van der Waals surface area contributed by atoms with E-state index in [2.05, 4.69) is 34.0 Å². The van der Waals surface area contributed by atoms with E-state index in [9.17, 15) is 0 Å². The minimum absolute atomic E-state index is 0.365. The molecule has 1 aliphatic rings. The average molecular weight is 430 g/mol. The number of benzene rings is 1. The van der Waals surface area contributed by atoms with E-state index in [1.807, 2.05) is 18.2 Å². The largest absolute Gasteiger partial charge is 0.389 e. The minimum atomic E-state index is 0.365. The second kappa shape index (κ2) is 6.06. The molecule has 0 amide bonds. The fourth-order valence-electron chi connectivity index (χ4n) is 2.47. The predicted molar refractivity (Wildman–Crippen MR) is 99.6 cm³/mol. The number of thiocarbonyl (C=S) groups is 1. The Balaban J connectivity index is 2.03. The van der Waals surface area contributed by atoms with Crippen molar-refractivity contribution in [3.63, 3.8) is 0 Å². The van der Waals surface area contributed by atoms with Crippen molar-refractivity contribution in [2.24, 2.45) is 5.73 Å². The van der Waals surface area contributed by atoms with E-state index in [1.54, 1.807) is 0 Å². The van der Waals surface area contributed by atoms with Gasteiger partial charge in [0, 0.05) is 14.3 Å². The average Bonchev–Trinajstić information content (AvgIpc) is 2.88. The van der Waals surface area contributed by atoms with Gasteiger partial charge in [0.05, 0.1) is 11.3 Å². The Morgan fingerprint density at radius 1 is 1.33 bits per heavy atom. The van der Waals surface area contributed by atoms with Gasteiger partial charge >= 0.3 is 0 Å². The van der Waals surface area contributed by atoms with Crippen molar-refractivity contribution in [2.75, 3.05) is 5.32 Å². The number of nitrogens with one attached hydrogen (secondary N) is 1. The summed E-state index contributed by atoms with van der Waals surface area (Å²) >= 11 is 13.4. The van der Waals surface area contributed by atoms with Crippen molar-refractivity contribution >= 4 is 62.9 Å². The molecule has 6 heteroatoms. The Morgan fingerprint density at radius 3 is 2.86 bits per heavy atom. The van der Waals surface area contributed by atoms with Gasteiger partial charge in [-0.15, -0.1) is 0 Å². The van der Waals surface area contributed by atoms with Crippen LogP contribution in [0.1, 0.15) is 23.2 Å². The maximum Gasteiger partial charge on any atom is 0.140 e. The summed E-state index contributed by atoms with van der Waals surface area (Å²) < 4.78 is 1.02. The molecule has 0 aliphatic heterocycles. The van der Waals surface area contributed by atoms with Crippen LogP contribution in [-0.2, 0) is 12.8 Å². The maximum atomic E-state index is 5.99. The number of aryl methyl sites for hydroxylation is 2. The van der Waals surface area contributed by atoms with Gasteiger partial charge in [-0.05, 0) is 71.7 Å². The maximum absolute atomic E-state index is 5.99. The lowest BCUT2D eigenvalue weighted by atomic mass is 10.1. The molecule has 1 aromatic carbocycles. The molecule has 3 nitrogen and oxygen atoms in total. The molecule has 0 fully saturated rings. The number of aromatic nitrogens is 1. The van der Waals surface area contributed by atoms with Crippen molar-refractivity contribution in [2.45, 2.75) is 19.3 Å². The van der Waals surface area contributed by atoms with Gasteiger partial charge in [0.15, 0.2) is 0 Å². The highest BCUT2D eigenvalue weighted by atomic mass is 127. The summed E-state index contributed by atoms with van der Waals surface area (Å²) in [6.45, 7) is 0. The molecule has 1 aliphatic carbocycles. The summed E-state index contributed by atoms with van der Waals surface area (Å²) in [4.78, 5) is 5.08. The zero-order chi connectivity index (χ0) is 15.0. The molecule has 0 saturated carbocycles. The van der Waals surface area contributed by atoms with Crippen LogP contribution in [0, 0.1) is 3.57 Å². The van der Waals surface area contributed by atoms with Crippen LogP contribution in [0.3, 0.4) is 0 Å². The topological polar surface area (TPSA) is 50.9 Å². The summed E-state index contributed by atoms with van der Waals surface area (Å²) in [7, 11) is 0. The molecule has 0 saturated heterocycles. The SMILES string of the molecule is NC(=S)c1cc2c(nc1Nc1ccc(Cl)cc1I)CCC2. The second-order valence-corrected chi connectivity index (χ2v) is 7.00. The predicted octanol–water partition coefficient (Wildman–Crippen LogP) is 4.21. The van der Waals surface area contributed by atoms with Crippen LogP contribution in [0.4, 0.5) is 11.5 Å². The molecule has 0 radical (unpaired) electrons. The van der Waals surface area contributed by atoms with Crippen LogP contribution >= 0.6 is 46.4 Å². The Hall–Kier alpha value is -0.920. The Morgan fingerprint density at radius 2 is 2.14 bits per heavy atom. The Kier molecular flexibility index (Phi) is 4.33. The number of anilines is 2. The fraction of sp³-hybridized carbons (Fsp3) is 0.200. The summed E-state index contributed by atoms with van der Waals surface area (Å²) in [5, 5.41) is 4.04. The smallest absolute Gasteiger partial charge is 0.140 e. The third-order valence-electron chi connectivity index (χ3n) is 3.50. The lowest BCUT2D eigenvalue weighted by molar-refractivity contribution is 0.900. The van der Waals surface area contributed by atoms with Crippen LogP contribution in [0.25, 0.3) is 0 Å². The molecule has 108 valence electrons. The summed E-state index contributed by atoms with van der Waals surface area (Å²) in [6, 6.07) is 7.75. The zero-order valence-corrected chi connectivity index (χ0v) is 14.8. The second-order valence-electron chi connectivity index (χ2n) is 4.96. The number of halogens is 2. The minimum Gasteiger partial charge on any atom is -0.389 e. The van der Waals surface area contributed by atoms with Crippen LogP contribution < -0.4 is 11.1 Å². The highest BCUT2D eigenvalue weighted by Gasteiger charge is 2.18. The van der Waals surface area contributed by atoms with Crippen LogP contribution in [0.5, 0.6) is 0 Å². The summed E-state index contributed by atoms with van der Waals surface area (Å²) in [6.07, 6.45) is 3.21. The lowest BCUT2D eigenvalue weighted by Gasteiger charge is -2.14. The first kappa shape index (κ1) is 15.0. The molecule has 3 N–H and O–H groups in total. The van der Waals surface area contributed by atoms with Crippen molar-refractivity contribution in [1.29, 1.82) is 0 Å². The molecule has 2 aromatic rings. The van der Waals surface area contributed by atoms with Crippen molar-refractivity contribution in [3.05, 3.63) is 49.7 Å². The van der Waals surface area contributed by atoms with Gasteiger partial charge < -0.3 is 11.1 Å². The lowest BCUT2D eigenvalue weighted by Crippen LogP contribution is -2.14. The molecule has 3 rings (SSSR count). The Labute approximate surface area is 147 Å². The van der Waals surface area contributed by atoms with Crippen molar-refractivity contribution < 1.29 is 0 Å². The number of hydrogen-bond donors (Lipinski definition) is 2. The quantitative estimate of drug-likeness (QED) is 0.567. The van der Waals surface area contributed by atoms with E-state index >= 15 is 0 Å². The van der Waals surface area contributed by atoms with Crippen molar-refractivity contribution in [1.82, 2.24) is 4.98 Å². The molecular formula is C15H13ClIN3S. The van der Waals surface area contributed by atoms with Crippen LogP contribution in [0.15, 0.2) is 24.3 Å². The first-order valence-corrected chi connectivity index (χ1v) is 8.46. The van der Waals surface area contributed by atoms with E-state index in [-0.39, 0.29) is 0 Å². The third-order valence-corrected chi connectivity index (χ3v) is 4.85. The van der Waals surface area contributed by atoms with E-state index in [4.69, 9.17) is 34.5 Å². The molecule has 0 unspecified atom stereocenters. The van der Waals surface area contributed by atoms with Gasteiger partial charge in [-0.3, -0.25) is 0 Å². The molecule has 0 bridgehead atoms.